The first-order valence-electron chi connectivity index (χ1n) is 5.89. The van der Waals surface area contributed by atoms with E-state index in [1.165, 1.54) is 0 Å². The fourth-order valence-electron chi connectivity index (χ4n) is 1.91. The molecule has 0 atom stereocenters. The monoisotopic (exact) mass is 242 g/mol. The number of para-hydroxylation sites is 2. The van der Waals surface area contributed by atoms with Crippen LogP contribution in [0, 0.1) is 13.8 Å². The Morgan fingerprint density at radius 3 is 2.33 bits per heavy atom. The third-order valence-electron chi connectivity index (χ3n) is 3.19. The van der Waals surface area contributed by atoms with Gasteiger partial charge in [0.05, 0.1) is 18.5 Å². The Bertz CT molecular complexity index is 564. The maximum atomic E-state index is 5.93. The first-order valence-corrected chi connectivity index (χ1v) is 5.89. The second kappa shape index (κ2) is 5.00. The summed E-state index contributed by atoms with van der Waals surface area (Å²) < 4.78 is 5.30. The van der Waals surface area contributed by atoms with Crippen molar-refractivity contribution in [2.75, 3.05) is 18.2 Å². The van der Waals surface area contributed by atoms with Gasteiger partial charge in [0, 0.05) is 5.69 Å². The lowest BCUT2D eigenvalue weighted by Crippen LogP contribution is -1.99. The third kappa shape index (κ3) is 2.25. The highest BCUT2D eigenvalue weighted by Gasteiger charge is 2.07. The molecule has 18 heavy (non-hydrogen) atoms. The van der Waals surface area contributed by atoms with Gasteiger partial charge in [0.15, 0.2) is 0 Å². The molecule has 2 aromatic rings. The number of rotatable bonds is 3. The van der Waals surface area contributed by atoms with Gasteiger partial charge in [-0.25, -0.2) is 0 Å². The van der Waals surface area contributed by atoms with Gasteiger partial charge in [-0.3, -0.25) is 0 Å². The van der Waals surface area contributed by atoms with E-state index in [0.29, 0.717) is 0 Å². The number of nitrogens with one attached hydrogen (secondary N) is 1. The molecule has 94 valence electrons. The van der Waals surface area contributed by atoms with E-state index in [2.05, 4.69) is 12.2 Å². The minimum Gasteiger partial charge on any atom is -0.496 e. The van der Waals surface area contributed by atoms with Gasteiger partial charge in [-0.2, -0.15) is 0 Å². The van der Waals surface area contributed by atoms with Crippen LogP contribution in [-0.4, -0.2) is 7.11 Å². The molecule has 2 rings (SSSR count). The molecule has 0 spiro atoms. The molecule has 0 aromatic heterocycles. The van der Waals surface area contributed by atoms with Gasteiger partial charge < -0.3 is 15.8 Å². The van der Waals surface area contributed by atoms with Crippen molar-refractivity contribution in [1.82, 2.24) is 0 Å². The summed E-state index contributed by atoms with van der Waals surface area (Å²) in [6.45, 7) is 4.12. The second-order valence-electron chi connectivity index (χ2n) is 4.28. The molecule has 2 aromatic carbocycles. The molecule has 0 radical (unpaired) electrons. The Morgan fingerprint density at radius 2 is 1.67 bits per heavy atom. The maximum absolute atomic E-state index is 5.93. The van der Waals surface area contributed by atoms with Crippen molar-refractivity contribution in [3.63, 3.8) is 0 Å². The van der Waals surface area contributed by atoms with Crippen molar-refractivity contribution in [2.45, 2.75) is 13.8 Å². The average molecular weight is 242 g/mol. The van der Waals surface area contributed by atoms with E-state index in [-0.39, 0.29) is 0 Å². The van der Waals surface area contributed by atoms with Crippen LogP contribution in [0.3, 0.4) is 0 Å². The molecule has 0 aliphatic heterocycles. The molecule has 0 heterocycles. The Labute approximate surface area is 108 Å². The Morgan fingerprint density at radius 1 is 0.944 bits per heavy atom. The van der Waals surface area contributed by atoms with Gasteiger partial charge in [-0.1, -0.05) is 12.1 Å². The van der Waals surface area contributed by atoms with Crippen LogP contribution in [0.25, 0.3) is 0 Å². The number of methoxy groups -OCH3 is 1. The molecular weight excluding hydrogens is 224 g/mol. The summed E-state index contributed by atoms with van der Waals surface area (Å²) in [5, 5.41) is 3.35. The van der Waals surface area contributed by atoms with Gasteiger partial charge >= 0.3 is 0 Å². The highest BCUT2D eigenvalue weighted by Crippen LogP contribution is 2.30. The van der Waals surface area contributed by atoms with Gasteiger partial charge in [-0.05, 0) is 49.2 Å². The number of benzene rings is 2. The Kier molecular flexibility index (Phi) is 3.42. The molecule has 0 aliphatic rings. The molecular formula is C15H18N2O. The van der Waals surface area contributed by atoms with E-state index in [9.17, 15) is 0 Å². The molecule has 0 aliphatic carbocycles. The zero-order chi connectivity index (χ0) is 13.1. The van der Waals surface area contributed by atoms with E-state index in [4.69, 9.17) is 10.5 Å². The van der Waals surface area contributed by atoms with Crippen LogP contribution in [0.2, 0.25) is 0 Å². The van der Waals surface area contributed by atoms with Gasteiger partial charge in [0.2, 0.25) is 0 Å². The standard InChI is InChI=1S/C15H18N2O/c1-10-11(2)15(18-3)9-8-13(10)17-14-7-5-4-6-12(14)16/h4-9,17H,16H2,1-3H3. The lowest BCUT2D eigenvalue weighted by molar-refractivity contribution is 0.411. The summed E-state index contributed by atoms with van der Waals surface area (Å²) in [7, 11) is 1.68. The van der Waals surface area contributed by atoms with Crippen molar-refractivity contribution in [3.05, 3.63) is 47.5 Å². The summed E-state index contributed by atoms with van der Waals surface area (Å²) in [6.07, 6.45) is 0. The predicted octanol–water partition coefficient (Wildman–Crippen LogP) is 3.64. The summed E-state index contributed by atoms with van der Waals surface area (Å²) >= 11 is 0. The van der Waals surface area contributed by atoms with Crippen molar-refractivity contribution in [1.29, 1.82) is 0 Å². The number of nitrogens with two attached hydrogens (primary N) is 1. The third-order valence-corrected chi connectivity index (χ3v) is 3.19. The molecule has 0 saturated carbocycles. The number of ether oxygens (including phenoxy) is 1. The van der Waals surface area contributed by atoms with Crippen LogP contribution in [0.1, 0.15) is 11.1 Å². The zero-order valence-corrected chi connectivity index (χ0v) is 10.9. The predicted molar refractivity (Wildman–Crippen MR) is 76.6 cm³/mol. The number of hydrogen-bond donors (Lipinski definition) is 2. The Hall–Kier alpha value is -2.16. The number of hydrogen-bond acceptors (Lipinski definition) is 3. The van der Waals surface area contributed by atoms with Crippen molar-refractivity contribution in [3.8, 4) is 5.75 Å². The van der Waals surface area contributed by atoms with E-state index in [1.807, 2.05) is 43.3 Å². The van der Waals surface area contributed by atoms with Crippen LogP contribution in [0.4, 0.5) is 17.1 Å². The smallest absolute Gasteiger partial charge is 0.122 e. The van der Waals surface area contributed by atoms with Gasteiger partial charge in [0.1, 0.15) is 5.75 Å². The van der Waals surface area contributed by atoms with Gasteiger partial charge in [0.25, 0.3) is 0 Å². The maximum Gasteiger partial charge on any atom is 0.122 e. The first kappa shape index (κ1) is 12.3. The summed E-state index contributed by atoms with van der Waals surface area (Å²) in [5.74, 6) is 0.902. The van der Waals surface area contributed by atoms with E-state index in [0.717, 1.165) is 33.9 Å². The summed E-state index contributed by atoms with van der Waals surface area (Å²) in [5.41, 5.74) is 10.9. The normalized spacial score (nSPS) is 10.2. The Balaban J connectivity index is 2.36. The minimum absolute atomic E-state index is 0.741. The lowest BCUT2D eigenvalue weighted by Gasteiger charge is -2.15. The van der Waals surface area contributed by atoms with Crippen molar-refractivity contribution >= 4 is 17.1 Å². The zero-order valence-electron chi connectivity index (χ0n) is 10.9. The van der Waals surface area contributed by atoms with Crippen LogP contribution in [-0.2, 0) is 0 Å². The number of nitrogen functional groups attached to an aromatic ring is 1. The average Bonchev–Trinajstić information content (AvgIpc) is 2.38. The topological polar surface area (TPSA) is 47.3 Å². The SMILES string of the molecule is COc1ccc(Nc2ccccc2N)c(C)c1C. The van der Waals surface area contributed by atoms with Crippen LogP contribution >= 0.6 is 0 Å². The fraction of sp³-hybridized carbons (Fsp3) is 0.200. The number of anilines is 3. The molecule has 3 nitrogen and oxygen atoms in total. The molecule has 3 heteroatoms. The van der Waals surface area contributed by atoms with E-state index >= 15 is 0 Å². The van der Waals surface area contributed by atoms with Crippen LogP contribution in [0.15, 0.2) is 36.4 Å². The lowest BCUT2D eigenvalue weighted by atomic mass is 10.1. The second-order valence-corrected chi connectivity index (χ2v) is 4.28. The molecule has 0 amide bonds. The largest absolute Gasteiger partial charge is 0.496 e. The highest BCUT2D eigenvalue weighted by molar-refractivity contribution is 5.74. The summed E-state index contributed by atoms with van der Waals surface area (Å²) in [6, 6.07) is 11.7. The minimum atomic E-state index is 0.741. The van der Waals surface area contributed by atoms with Gasteiger partial charge in [-0.15, -0.1) is 0 Å². The summed E-state index contributed by atoms with van der Waals surface area (Å²) in [4.78, 5) is 0. The van der Waals surface area contributed by atoms with Crippen molar-refractivity contribution < 1.29 is 4.74 Å². The quantitative estimate of drug-likeness (QED) is 0.808. The molecule has 0 fully saturated rings. The van der Waals surface area contributed by atoms with E-state index in [1.54, 1.807) is 7.11 Å². The first-order chi connectivity index (χ1) is 8.63. The fourth-order valence-corrected chi connectivity index (χ4v) is 1.91. The molecule has 0 unspecified atom stereocenters. The van der Waals surface area contributed by atoms with Crippen LogP contribution < -0.4 is 15.8 Å². The molecule has 0 bridgehead atoms. The highest BCUT2D eigenvalue weighted by atomic mass is 16.5. The van der Waals surface area contributed by atoms with E-state index < -0.39 is 0 Å². The van der Waals surface area contributed by atoms with Crippen molar-refractivity contribution in [2.24, 2.45) is 0 Å². The molecule has 0 saturated heterocycles. The van der Waals surface area contributed by atoms with Crippen LogP contribution in [0.5, 0.6) is 5.75 Å². The molecule has 3 N–H and O–H groups in total.